The number of hydrogen-bond donors (Lipinski definition) is 2. The van der Waals surface area contributed by atoms with E-state index in [9.17, 15) is 9.90 Å². The third-order valence-electron chi connectivity index (χ3n) is 7.23. The Morgan fingerprint density at radius 3 is 2.61 bits per heavy atom. The Morgan fingerprint density at radius 1 is 1.06 bits per heavy atom. The summed E-state index contributed by atoms with van der Waals surface area (Å²) in [4.78, 5) is 11.9. The van der Waals surface area contributed by atoms with Gasteiger partial charge in [0.25, 0.3) is 0 Å². The quantitative estimate of drug-likeness (QED) is 0.316. The number of para-hydroxylation sites is 1. The normalized spacial score (nSPS) is 17.8. The van der Waals surface area contributed by atoms with Gasteiger partial charge in [0.1, 0.15) is 23.2 Å². The molecule has 0 amide bonds. The number of carboxylic acid groups (broad SMARTS) is 1. The Morgan fingerprint density at radius 2 is 1.81 bits per heavy atom. The molecule has 0 aromatic heterocycles. The molecule has 1 heterocycles. The zero-order valence-electron chi connectivity index (χ0n) is 20.8. The summed E-state index contributed by atoms with van der Waals surface area (Å²) in [6.45, 7) is 4.85. The maximum atomic E-state index is 11.9. The molecule has 0 saturated carbocycles. The molecule has 0 saturated heterocycles. The van der Waals surface area contributed by atoms with Gasteiger partial charge in [0, 0.05) is 29.6 Å². The van der Waals surface area contributed by atoms with E-state index in [0.29, 0.717) is 18.7 Å². The maximum Gasteiger partial charge on any atom is 0.339 e. The topological polar surface area (TPSA) is 67.8 Å². The second-order valence-corrected chi connectivity index (χ2v) is 9.45. The van der Waals surface area contributed by atoms with Crippen LogP contribution >= 0.6 is 0 Å². The average Bonchev–Trinajstić information content (AvgIpc) is 2.90. The Balaban J connectivity index is 1.45. The first-order valence-electron chi connectivity index (χ1n) is 12.3. The Hall–Kier alpha value is -3.83. The largest absolute Gasteiger partial charge is 0.496 e. The van der Waals surface area contributed by atoms with E-state index in [1.807, 2.05) is 31.2 Å². The number of fused-ring (bicyclic) bond motifs is 2. The van der Waals surface area contributed by atoms with Gasteiger partial charge in [-0.05, 0) is 54.3 Å². The molecule has 5 heteroatoms. The molecular formula is C31H31NO4. The van der Waals surface area contributed by atoms with Crippen molar-refractivity contribution in [1.29, 1.82) is 0 Å². The van der Waals surface area contributed by atoms with Crippen LogP contribution in [0.25, 0.3) is 10.8 Å². The van der Waals surface area contributed by atoms with Crippen molar-refractivity contribution < 1.29 is 19.4 Å². The number of carboxylic acids is 1. The highest BCUT2D eigenvalue weighted by molar-refractivity contribution is 5.92. The highest BCUT2D eigenvalue weighted by atomic mass is 16.5. The molecule has 5 rings (SSSR count). The summed E-state index contributed by atoms with van der Waals surface area (Å²) in [6.07, 6.45) is 0.631. The number of benzene rings is 4. The fourth-order valence-electron chi connectivity index (χ4n) is 5.46. The van der Waals surface area contributed by atoms with E-state index in [2.05, 4.69) is 60.8 Å². The van der Waals surface area contributed by atoms with Crippen LogP contribution in [0.3, 0.4) is 0 Å². The van der Waals surface area contributed by atoms with Gasteiger partial charge in [-0.15, -0.1) is 0 Å². The van der Waals surface area contributed by atoms with E-state index in [1.54, 1.807) is 13.2 Å². The summed E-state index contributed by atoms with van der Waals surface area (Å²) >= 11 is 0. The van der Waals surface area contributed by atoms with Gasteiger partial charge in [0.05, 0.1) is 7.11 Å². The first-order chi connectivity index (χ1) is 17.5. The standard InChI is InChI=1S/C31H31NO4/c1-19-15-16-26(31(33)34)30(35-3)29(19)27-17-22(36-28-14-7-6-12-25(27)28)18-32-20(2)23-13-8-10-21-9-4-5-11-24(21)23/h4-16,20,22,27,32H,17-18H2,1-3H3,(H,33,34)/t20-,22-,27+/m1/s1. The van der Waals surface area contributed by atoms with Crippen molar-refractivity contribution in [3.63, 3.8) is 0 Å². The van der Waals surface area contributed by atoms with Gasteiger partial charge in [0.15, 0.2) is 0 Å². The summed E-state index contributed by atoms with van der Waals surface area (Å²) in [7, 11) is 1.54. The lowest BCUT2D eigenvalue weighted by Gasteiger charge is -2.35. The summed E-state index contributed by atoms with van der Waals surface area (Å²) < 4.78 is 12.1. The van der Waals surface area contributed by atoms with Gasteiger partial charge in [-0.1, -0.05) is 66.7 Å². The highest BCUT2D eigenvalue weighted by Gasteiger charge is 2.33. The van der Waals surface area contributed by atoms with Crippen LogP contribution in [-0.4, -0.2) is 30.8 Å². The predicted molar refractivity (Wildman–Crippen MR) is 142 cm³/mol. The Kier molecular flexibility index (Phi) is 6.66. The fraction of sp³-hybridized carbons (Fsp3) is 0.258. The van der Waals surface area contributed by atoms with Gasteiger partial charge in [0.2, 0.25) is 0 Å². The fourth-order valence-corrected chi connectivity index (χ4v) is 5.46. The van der Waals surface area contributed by atoms with Crippen LogP contribution in [0.5, 0.6) is 11.5 Å². The van der Waals surface area contributed by atoms with E-state index in [1.165, 1.54) is 16.3 Å². The first kappa shape index (κ1) is 23.9. The van der Waals surface area contributed by atoms with Crippen LogP contribution in [-0.2, 0) is 0 Å². The van der Waals surface area contributed by atoms with E-state index in [-0.39, 0.29) is 23.6 Å². The summed E-state index contributed by atoms with van der Waals surface area (Å²) in [5.41, 5.74) is 4.42. The molecule has 0 aliphatic carbocycles. The molecule has 36 heavy (non-hydrogen) atoms. The minimum atomic E-state index is -0.990. The molecular weight excluding hydrogens is 450 g/mol. The lowest BCUT2D eigenvalue weighted by atomic mass is 9.81. The van der Waals surface area contributed by atoms with Crippen LogP contribution < -0.4 is 14.8 Å². The number of aryl methyl sites for hydroxylation is 1. The molecule has 2 N–H and O–H groups in total. The summed E-state index contributed by atoms with van der Waals surface area (Å²) in [5.74, 6) is 0.236. The smallest absolute Gasteiger partial charge is 0.339 e. The summed E-state index contributed by atoms with van der Waals surface area (Å²) in [6, 6.07) is 26.5. The SMILES string of the molecule is COc1c(C(=O)O)ccc(C)c1[C@H]1C[C@H](CN[C@H](C)c2cccc3ccccc23)Oc2ccccc21. The second-order valence-electron chi connectivity index (χ2n) is 9.45. The first-order valence-corrected chi connectivity index (χ1v) is 12.3. The summed E-state index contributed by atoms with van der Waals surface area (Å²) in [5, 5.41) is 15.9. The second kappa shape index (κ2) is 10.0. The number of ether oxygens (including phenoxy) is 2. The number of methoxy groups -OCH3 is 1. The molecule has 0 radical (unpaired) electrons. The molecule has 0 unspecified atom stereocenters. The van der Waals surface area contributed by atoms with Crippen molar-refractivity contribution in [2.75, 3.05) is 13.7 Å². The van der Waals surface area contributed by atoms with Crippen LogP contribution in [0.2, 0.25) is 0 Å². The van der Waals surface area contributed by atoms with E-state index in [4.69, 9.17) is 9.47 Å². The van der Waals surface area contributed by atoms with E-state index >= 15 is 0 Å². The monoisotopic (exact) mass is 481 g/mol. The molecule has 0 bridgehead atoms. The third-order valence-corrected chi connectivity index (χ3v) is 7.23. The van der Waals surface area contributed by atoms with Gasteiger partial charge in [-0.25, -0.2) is 4.79 Å². The third kappa shape index (κ3) is 4.42. The molecule has 1 aliphatic rings. The lowest BCUT2D eigenvalue weighted by molar-refractivity contribution is 0.0693. The average molecular weight is 482 g/mol. The van der Waals surface area contributed by atoms with Crippen LogP contribution in [0, 0.1) is 6.92 Å². The van der Waals surface area contributed by atoms with Crippen LogP contribution in [0.15, 0.2) is 78.9 Å². The maximum absolute atomic E-state index is 11.9. The van der Waals surface area contributed by atoms with Gasteiger partial charge < -0.3 is 19.9 Å². The van der Waals surface area contributed by atoms with E-state index in [0.717, 1.165) is 22.4 Å². The van der Waals surface area contributed by atoms with Crippen molar-refractivity contribution in [2.45, 2.75) is 38.3 Å². The predicted octanol–water partition coefficient (Wildman–Crippen LogP) is 6.49. The number of nitrogens with one attached hydrogen (secondary N) is 1. The Labute approximate surface area is 211 Å². The Bertz CT molecular complexity index is 1410. The van der Waals surface area contributed by atoms with Crippen molar-refractivity contribution in [3.05, 3.63) is 107 Å². The van der Waals surface area contributed by atoms with Crippen molar-refractivity contribution in [2.24, 2.45) is 0 Å². The number of hydrogen-bond acceptors (Lipinski definition) is 4. The van der Waals surface area contributed by atoms with Crippen molar-refractivity contribution in [3.8, 4) is 11.5 Å². The molecule has 5 nitrogen and oxygen atoms in total. The highest BCUT2D eigenvalue weighted by Crippen LogP contribution is 2.45. The van der Waals surface area contributed by atoms with E-state index < -0.39 is 5.97 Å². The number of rotatable bonds is 7. The van der Waals surface area contributed by atoms with Crippen molar-refractivity contribution >= 4 is 16.7 Å². The number of carbonyl (C=O) groups is 1. The molecule has 0 spiro atoms. The molecule has 1 aliphatic heterocycles. The zero-order chi connectivity index (χ0) is 25.2. The minimum Gasteiger partial charge on any atom is -0.496 e. The van der Waals surface area contributed by atoms with Gasteiger partial charge >= 0.3 is 5.97 Å². The zero-order valence-corrected chi connectivity index (χ0v) is 20.8. The van der Waals surface area contributed by atoms with Crippen molar-refractivity contribution in [1.82, 2.24) is 5.32 Å². The molecule has 0 fully saturated rings. The molecule has 3 atom stereocenters. The van der Waals surface area contributed by atoms with Crippen LogP contribution in [0.1, 0.15) is 57.9 Å². The van der Waals surface area contributed by atoms with Crippen LogP contribution in [0.4, 0.5) is 0 Å². The molecule has 4 aromatic rings. The van der Waals surface area contributed by atoms with Gasteiger partial charge in [-0.2, -0.15) is 0 Å². The number of aromatic carboxylic acids is 1. The molecule has 184 valence electrons. The molecule has 4 aromatic carbocycles. The van der Waals surface area contributed by atoms with Gasteiger partial charge in [-0.3, -0.25) is 0 Å². The lowest BCUT2D eigenvalue weighted by Crippen LogP contribution is -2.37. The minimum absolute atomic E-state index is 0.0381.